The third kappa shape index (κ3) is 4.45. The molecule has 0 radical (unpaired) electrons. The van der Waals surface area contributed by atoms with Gasteiger partial charge in [0.1, 0.15) is 0 Å². The molecule has 0 heterocycles. The average Bonchev–Trinajstić information content (AvgIpc) is 3.02. The van der Waals surface area contributed by atoms with Gasteiger partial charge >= 0.3 is 0 Å². The molecule has 0 bridgehead atoms. The van der Waals surface area contributed by atoms with Gasteiger partial charge in [0.15, 0.2) is 0 Å². The second-order valence-electron chi connectivity index (χ2n) is 4.88. The van der Waals surface area contributed by atoms with Gasteiger partial charge in [0.25, 0.3) is 0 Å². The Labute approximate surface area is 89.7 Å². The highest BCUT2D eigenvalue weighted by Crippen LogP contribution is 2.23. The van der Waals surface area contributed by atoms with Crippen molar-refractivity contribution in [3.05, 3.63) is 0 Å². The Balaban J connectivity index is 2.14. The molecule has 1 N–H and O–H groups in total. The molecular weight excluding hydrogens is 170 g/mol. The molecule has 0 amide bonds. The first-order valence-electron chi connectivity index (χ1n) is 6.53. The largest absolute Gasteiger partial charge is 0.314 e. The molecule has 0 aromatic carbocycles. The van der Waals surface area contributed by atoms with E-state index in [0.29, 0.717) is 0 Å². The molecule has 1 saturated carbocycles. The van der Waals surface area contributed by atoms with E-state index in [9.17, 15) is 0 Å². The van der Waals surface area contributed by atoms with Crippen molar-refractivity contribution in [1.82, 2.24) is 5.32 Å². The van der Waals surface area contributed by atoms with Crippen LogP contribution in [0.15, 0.2) is 0 Å². The molecule has 0 spiro atoms. The van der Waals surface area contributed by atoms with Crippen molar-refractivity contribution < 1.29 is 0 Å². The van der Waals surface area contributed by atoms with E-state index in [1.165, 1.54) is 45.1 Å². The Morgan fingerprint density at radius 2 is 1.57 bits per heavy atom. The molecule has 0 aliphatic heterocycles. The molecule has 1 fully saturated rings. The molecule has 1 atom stereocenters. The van der Waals surface area contributed by atoms with Gasteiger partial charge in [-0.25, -0.2) is 0 Å². The average molecular weight is 197 g/mol. The topological polar surface area (TPSA) is 12.0 Å². The van der Waals surface area contributed by atoms with Gasteiger partial charge < -0.3 is 5.32 Å². The molecule has 14 heavy (non-hydrogen) atoms. The van der Waals surface area contributed by atoms with Crippen LogP contribution in [0, 0.1) is 11.8 Å². The van der Waals surface area contributed by atoms with E-state index in [4.69, 9.17) is 0 Å². The van der Waals surface area contributed by atoms with E-state index in [1.807, 2.05) is 0 Å². The number of nitrogens with one attached hydrogen (secondary N) is 1. The van der Waals surface area contributed by atoms with Gasteiger partial charge in [0.2, 0.25) is 0 Å². The Hall–Kier alpha value is -0.0400. The second-order valence-corrected chi connectivity index (χ2v) is 4.88. The van der Waals surface area contributed by atoms with Crippen LogP contribution in [0.4, 0.5) is 0 Å². The van der Waals surface area contributed by atoms with Crippen molar-refractivity contribution in [3.8, 4) is 0 Å². The number of hydrogen-bond donors (Lipinski definition) is 1. The van der Waals surface area contributed by atoms with Crippen molar-refractivity contribution in [2.24, 2.45) is 11.8 Å². The van der Waals surface area contributed by atoms with E-state index in [2.05, 4.69) is 26.1 Å². The highest BCUT2D eigenvalue weighted by molar-refractivity contribution is 4.82. The third-order valence-corrected chi connectivity index (χ3v) is 3.67. The van der Waals surface area contributed by atoms with Gasteiger partial charge in [-0.1, -0.05) is 40.0 Å². The van der Waals surface area contributed by atoms with Crippen LogP contribution in [0.1, 0.15) is 59.3 Å². The number of hydrogen-bond acceptors (Lipinski definition) is 1. The lowest BCUT2D eigenvalue weighted by Gasteiger charge is -2.21. The zero-order valence-corrected chi connectivity index (χ0v) is 10.2. The first kappa shape index (κ1) is 12.0. The summed E-state index contributed by atoms with van der Waals surface area (Å²) in [5.74, 6) is 1.88. The maximum absolute atomic E-state index is 3.66. The SMILES string of the molecule is CCC(CC)CC(CC)CNC1CC1. The smallest absolute Gasteiger partial charge is 0.00683 e. The van der Waals surface area contributed by atoms with Gasteiger partial charge in [-0.05, 0) is 37.6 Å². The second kappa shape index (κ2) is 6.44. The zero-order valence-electron chi connectivity index (χ0n) is 10.2. The van der Waals surface area contributed by atoms with E-state index in [1.54, 1.807) is 0 Å². The molecule has 1 nitrogen and oxygen atoms in total. The zero-order chi connectivity index (χ0) is 10.4. The van der Waals surface area contributed by atoms with Crippen LogP contribution < -0.4 is 5.32 Å². The molecule has 1 rings (SSSR count). The van der Waals surface area contributed by atoms with Crippen molar-refractivity contribution >= 4 is 0 Å². The first-order valence-corrected chi connectivity index (χ1v) is 6.53. The summed E-state index contributed by atoms with van der Waals surface area (Å²) < 4.78 is 0. The first-order chi connectivity index (χ1) is 6.80. The number of rotatable bonds is 8. The molecule has 1 aliphatic carbocycles. The molecule has 1 heteroatoms. The highest BCUT2D eigenvalue weighted by atomic mass is 14.9. The molecule has 0 saturated heterocycles. The predicted octanol–water partition coefficient (Wildman–Crippen LogP) is 3.59. The lowest BCUT2D eigenvalue weighted by molar-refractivity contribution is 0.332. The Kier molecular flexibility index (Phi) is 5.54. The highest BCUT2D eigenvalue weighted by Gasteiger charge is 2.22. The van der Waals surface area contributed by atoms with Crippen LogP contribution >= 0.6 is 0 Å². The fraction of sp³-hybridized carbons (Fsp3) is 1.00. The summed E-state index contributed by atoms with van der Waals surface area (Å²) in [5.41, 5.74) is 0. The Morgan fingerprint density at radius 3 is 2.00 bits per heavy atom. The molecule has 0 aromatic heterocycles. The standard InChI is InChI=1S/C13H27N/c1-4-11(5-2)9-12(6-3)10-14-13-7-8-13/h11-14H,4-10H2,1-3H3. The Bertz CT molecular complexity index is 136. The maximum atomic E-state index is 3.66. The van der Waals surface area contributed by atoms with Crippen LogP contribution in [0.3, 0.4) is 0 Å². The lowest BCUT2D eigenvalue weighted by Crippen LogP contribution is -2.25. The van der Waals surface area contributed by atoms with E-state index >= 15 is 0 Å². The summed E-state index contributed by atoms with van der Waals surface area (Å²) in [6.07, 6.45) is 8.33. The molecule has 1 aliphatic rings. The van der Waals surface area contributed by atoms with Crippen LogP contribution in [-0.4, -0.2) is 12.6 Å². The van der Waals surface area contributed by atoms with Crippen LogP contribution in [0.5, 0.6) is 0 Å². The van der Waals surface area contributed by atoms with Gasteiger partial charge in [0, 0.05) is 6.04 Å². The predicted molar refractivity (Wildman–Crippen MR) is 63.5 cm³/mol. The van der Waals surface area contributed by atoms with E-state index < -0.39 is 0 Å². The van der Waals surface area contributed by atoms with Crippen molar-refractivity contribution in [1.29, 1.82) is 0 Å². The van der Waals surface area contributed by atoms with Crippen LogP contribution in [-0.2, 0) is 0 Å². The van der Waals surface area contributed by atoms with Crippen molar-refractivity contribution in [2.75, 3.05) is 6.54 Å². The summed E-state index contributed by atoms with van der Waals surface area (Å²) in [5, 5.41) is 3.66. The summed E-state index contributed by atoms with van der Waals surface area (Å²) in [6, 6.07) is 0.880. The van der Waals surface area contributed by atoms with Crippen LogP contribution in [0.2, 0.25) is 0 Å². The maximum Gasteiger partial charge on any atom is 0.00683 e. The van der Waals surface area contributed by atoms with Gasteiger partial charge in [0.05, 0.1) is 0 Å². The third-order valence-electron chi connectivity index (χ3n) is 3.67. The van der Waals surface area contributed by atoms with Crippen LogP contribution in [0.25, 0.3) is 0 Å². The normalized spacial score (nSPS) is 18.9. The van der Waals surface area contributed by atoms with Crippen molar-refractivity contribution in [2.45, 2.75) is 65.3 Å². The minimum atomic E-state index is 0.880. The van der Waals surface area contributed by atoms with Gasteiger partial charge in [-0.15, -0.1) is 0 Å². The van der Waals surface area contributed by atoms with Gasteiger partial charge in [-0.3, -0.25) is 0 Å². The minimum Gasteiger partial charge on any atom is -0.314 e. The molecule has 84 valence electrons. The van der Waals surface area contributed by atoms with Crippen molar-refractivity contribution in [3.63, 3.8) is 0 Å². The summed E-state index contributed by atoms with van der Waals surface area (Å²) in [4.78, 5) is 0. The molecule has 0 aromatic rings. The van der Waals surface area contributed by atoms with E-state index in [0.717, 1.165) is 17.9 Å². The fourth-order valence-corrected chi connectivity index (χ4v) is 2.11. The molecular formula is C13H27N. The minimum absolute atomic E-state index is 0.880. The monoisotopic (exact) mass is 197 g/mol. The lowest BCUT2D eigenvalue weighted by atomic mass is 9.89. The fourth-order valence-electron chi connectivity index (χ4n) is 2.11. The Morgan fingerprint density at radius 1 is 1.00 bits per heavy atom. The summed E-state index contributed by atoms with van der Waals surface area (Å²) in [6.45, 7) is 8.25. The summed E-state index contributed by atoms with van der Waals surface area (Å²) >= 11 is 0. The van der Waals surface area contributed by atoms with E-state index in [-0.39, 0.29) is 0 Å². The molecule has 1 unspecified atom stereocenters. The quantitative estimate of drug-likeness (QED) is 0.627. The van der Waals surface area contributed by atoms with Gasteiger partial charge in [-0.2, -0.15) is 0 Å². The summed E-state index contributed by atoms with van der Waals surface area (Å²) in [7, 11) is 0.